The van der Waals surface area contributed by atoms with Gasteiger partial charge in [-0.25, -0.2) is 9.13 Å². The van der Waals surface area contributed by atoms with Crippen LogP contribution >= 0.6 is 15.6 Å². The molecule has 0 fully saturated rings. The molecular weight excluding hydrogens is 1390 g/mol. The maximum atomic E-state index is 13.7. The molecule has 4 unspecified atom stereocenters. The Balaban J connectivity index is 5.72. The summed E-state index contributed by atoms with van der Waals surface area (Å²) in [5.74, 6) is -4.42. The molecule has 0 aromatic rings. The van der Waals surface area contributed by atoms with Crippen LogP contribution in [-0.4, -0.2) is 180 Å². The third kappa shape index (κ3) is 63.7. The molecule has 0 radical (unpaired) electrons. The van der Waals surface area contributed by atoms with Gasteiger partial charge in [-0.15, -0.1) is 0 Å². The SMILES string of the molecule is CCCCC/C=C/CCCC(=O)O[C@H](CCCCCCC)CC(=O)NC(COCC[C@H](O)CCCCCCC)COP(=O)(O)OCCNC(=O)[C@@H](O)[C@H](O)C(=O)NCCOP(=O)(O)OCC(COCC[C@H](O)CCCCCCC)NC(=O)C[C@@H](CCCCCCC)OC(=O)CCC/C=C/CCCCCC. The number of hydrogen-bond donors (Lipinski definition) is 10. The van der Waals surface area contributed by atoms with E-state index in [1.165, 1.54) is 19.3 Å². The second kappa shape index (κ2) is 69.5. The average Bonchev–Trinajstić information content (AvgIpc) is 1.07. The summed E-state index contributed by atoms with van der Waals surface area (Å²) in [7, 11) is -9.82. The quantitative estimate of drug-likeness (QED) is 0.0117. The van der Waals surface area contributed by atoms with E-state index in [9.17, 15) is 68.1 Å². The highest BCUT2D eigenvalue weighted by molar-refractivity contribution is 7.47. The number of nitrogens with one attached hydrogen (secondary N) is 4. The third-order valence-electron chi connectivity index (χ3n) is 17.6. The summed E-state index contributed by atoms with van der Waals surface area (Å²) in [6.45, 7) is 9.07. The number of aliphatic hydroxyl groups excluding tert-OH is 4. The smallest absolute Gasteiger partial charge is 0.462 e. The van der Waals surface area contributed by atoms with Crippen molar-refractivity contribution in [3.63, 3.8) is 0 Å². The van der Waals surface area contributed by atoms with E-state index in [-0.39, 0.29) is 52.1 Å². The fraction of sp³-hybridized carbons (Fsp3) is 0.870. The predicted molar refractivity (Wildman–Crippen MR) is 410 cm³/mol. The normalized spacial score (nSPS) is 15.3. The fourth-order valence-corrected chi connectivity index (χ4v) is 12.8. The lowest BCUT2D eigenvalue weighted by atomic mass is 10.1. The molecule has 0 heterocycles. The second-order valence-corrected chi connectivity index (χ2v) is 30.7. The molecule has 0 saturated heterocycles. The van der Waals surface area contributed by atoms with Gasteiger partial charge in [-0.2, -0.15) is 0 Å². The van der Waals surface area contributed by atoms with Gasteiger partial charge in [0.05, 0.1) is 76.8 Å². The molecule has 0 bridgehead atoms. The van der Waals surface area contributed by atoms with Gasteiger partial charge in [0.1, 0.15) is 12.2 Å². The summed E-state index contributed by atoms with van der Waals surface area (Å²) in [5, 5.41) is 52.1. The first-order valence-electron chi connectivity index (χ1n) is 40.5. The third-order valence-corrected chi connectivity index (χ3v) is 19.6. The maximum Gasteiger partial charge on any atom is 0.472 e. The molecular formula is C77H146N4O22P2. The van der Waals surface area contributed by atoms with E-state index in [2.05, 4.69) is 87.1 Å². The van der Waals surface area contributed by atoms with Crippen LogP contribution in [0.3, 0.4) is 0 Å². The van der Waals surface area contributed by atoms with Crippen molar-refractivity contribution in [2.45, 2.75) is 366 Å². The minimum atomic E-state index is -4.91. The van der Waals surface area contributed by atoms with Crippen LogP contribution in [0.15, 0.2) is 24.3 Å². The van der Waals surface area contributed by atoms with Crippen molar-refractivity contribution in [1.82, 2.24) is 21.3 Å². The Morgan fingerprint density at radius 2 is 0.667 bits per heavy atom. The topological polar surface area (TPSA) is 380 Å². The van der Waals surface area contributed by atoms with Crippen LogP contribution in [-0.2, 0) is 74.9 Å². The van der Waals surface area contributed by atoms with E-state index in [1.807, 2.05) is 0 Å². The number of phosphoric acid groups is 2. The van der Waals surface area contributed by atoms with Gasteiger partial charge in [-0.05, 0) is 103 Å². The molecule has 10 atom stereocenters. The van der Waals surface area contributed by atoms with E-state index >= 15 is 0 Å². The van der Waals surface area contributed by atoms with E-state index in [0.717, 1.165) is 180 Å². The molecule has 4 amide bonds. The Morgan fingerprint density at radius 3 is 1.02 bits per heavy atom. The minimum absolute atomic E-state index is 0.110. The lowest BCUT2D eigenvalue weighted by Gasteiger charge is -2.23. The largest absolute Gasteiger partial charge is 0.472 e. The van der Waals surface area contributed by atoms with Gasteiger partial charge in [-0.1, -0.05) is 214 Å². The molecule has 0 aromatic carbocycles. The zero-order valence-electron chi connectivity index (χ0n) is 65.5. The molecule has 0 aliphatic rings. The lowest BCUT2D eigenvalue weighted by Crippen LogP contribution is -2.50. The van der Waals surface area contributed by atoms with Crippen LogP contribution in [0.5, 0.6) is 0 Å². The van der Waals surface area contributed by atoms with Crippen molar-refractivity contribution >= 4 is 51.2 Å². The first kappa shape index (κ1) is 101. The Bertz CT molecular complexity index is 2310. The standard InChI is InChI=1S/C77H146N4O22P2/c1-7-13-19-25-27-29-31-37-43-49-73(87)103-69(47-41-35-24-18-12-6)59-71(85)81-65(61-97-55-51-67(83)45-39-33-22-16-10-4)63-101-105(94,95)99-57-53-79-77(91)75(89)74(88)76(90)78-52-56-98-104(92,93)100-62-64(60-96-54-50-66(82)44-38-32-21-15-9-3)80-70(84)58-68(46-40-34-23-17-11-5)102-72(86)48-42-36-30-28-26-20-14-8-2/h28-31,64-69,74-75,82-83,88-89H,7-27,32-63H2,1-6H3,(H,78,90)(H,79,91)(H,80,84)(H,81,85)(H,92,93)(H,94,95)/b30-28+,31-29+/t64?,65?,66-,67-,68-,69-,74+,75+/m1/s1. The van der Waals surface area contributed by atoms with Crippen molar-refractivity contribution < 1.29 is 105 Å². The molecule has 0 rings (SSSR count). The maximum absolute atomic E-state index is 13.7. The minimum Gasteiger partial charge on any atom is -0.462 e. The van der Waals surface area contributed by atoms with Crippen LogP contribution in [0, 0.1) is 0 Å². The van der Waals surface area contributed by atoms with Gasteiger partial charge in [0.15, 0.2) is 12.2 Å². The number of amides is 4. The van der Waals surface area contributed by atoms with E-state index in [4.69, 9.17) is 37.0 Å². The molecule has 616 valence electrons. The number of carbonyl (C=O) groups excluding carboxylic acids is 6. The molecule has 0 aliphatic heterocycles. The Labute approximate surface area is 631 Å². The summed E-state index contributed by atoms with van der Waals surface area (Å²) >= 11 is 0. The van der Waals surface area contributed by atoms with Gasteiger partial charge >= 0.3 is 27.6 Å². The van der Waals surface area contributed by atoms with Gasteiger partial charge in [0, 0.05) is 39.1 Å². The summed E-state index contributed by atoms with van der Waals surface area (Å²) < 4.78 is 70.2. The Hall–Kier alpha value is -3.72. The molecule has 10 N–H and O–H groups in total. The van der Waals surface area contributed by atoms with E-state index in [1.54, 1.807) is 0 Å². The Morgan fingerprint density at radius 1 is 0.362 bits per heavy atom. The molecule has 28 heteroatoms. The van der Waals surface area contributed by atoms with Crippen molar-refractivity contribution in [3.05, 3.63) is 24.3 Å². The molecule has 105 heavy (non-hydrogen) atoms. The predicted octanol–water partition coefficient (Wildman–Crippen LogP) is 13.8. The molecule has 0 aliphatic carbocycles. The molecule has 0 saturated carbocycles. The number of rotatable bonds is 76. The number of allylic oxidation sites excluding steroid dienone is 4. The van der Waals surface area contributed by atoms with E-state index in [0.29, 0.717) is 51.4 Å². The van der Waals surface area contributed by atoms with Crippen molar-refractivity contribution in [2.75, 3.05) is 65.9 Å². The lowest BCUT2D eigenvalue weighted by molar-refractivity contribution is -0.152. The van der Waals surface area contributed by atoms with E-state index < -0.39 is 139 Å². The number of aliphatic hydroxyl groups is 4. The first-order chi connectivity index (χ1) is 50.5. The number of ether oxygens (including phenoxy) is 4. The first-order valence-corrected chi connectivity index (χ1v) is 43.5. The molecule has 0 aromatic heterocycles. The summed E-state index contributed by atoms with van der Waals surface area (Å²) in [6, 6.07) is -2.02. The zero-order chi connectivity index (χ0) is 77.9. The van der Waals surface area contributed by atoms with Gasteiger partial charge in [-0.3, -0.25) is 46.9 Å². The van der Waals surface area contributed by atoms with Crippen LogP contribution < -0.4 is 21.3 Å². The van der Waals surface area contributed by atoms with Crippen LogP contribution in [0.4, 0.5) is 0 Å². The highest BCUT2D eigenvalue weighted by Gasteiger charge is 2.32. The van der Waals surface area contributed by atoms with Crippen LogP contribution in [0.25, 0.3) is 0 Å². The van der Waals surface area contributed by atoms with Crippen molar-refractivity contribution in [2.24, 2.45) is 0 Å². The molecule has 26 nitrogen and oxygen atoms in total. The summed E-state index contributed by atoms with van der Waals surface area (Å²) in [6.07, 6.45) is 36.3. The second-order valence-electron chi connectivity index (χ2n) is 27.7. The van der Waals surface area contributed by atoms with Gasteiger partial charge in [0.2, 0.25) is 11.8 Å². The number of carbonyl (C=O) groups is 6. The number of esters is 2. The van der Waals surface area contributed by atoms with Gasteiger partial charge in [0.25, 0.3) is 11.8 Å². The number of unbranched alkanes of at least 4 members (excludes halogenated alkanes) is 25. The highest BCUT2D eigenvalue weighted by atomic mass is 31.2. The van der Waals surface area contributed by atoms with Crippen LogP contribution in [0.2, 0.25) is 0 Å². The zero-order valence-corrected chi connectivity index (χ0v) is 67.3. The fourth-order valence-electron chi connectivity index (χ4n) is 11.3. The number of phosphoric ester groups is 2. The Kier molecular flexibility index (Phi) is 67.0. The molecule has 0 spiro atoms. The summed E-state index contributed by atoms with van der Waals surface area (Å²) in [5.41, 5.74) is 0. The average molecular weight is 1540 g/mol. The van der Waals surface area contributed by atoms with Crippen molar-refractivity contribution in [3.8, 4) is 0 Å². The van der Waals surface area contributed by atoms with Crippen LogP contribution in [0.1, 0.15) is 318 Å². The van der Waals surface area contributed by atoms with Crippen molar-refractivity contribution in [1.29, 1.82) is 0 Å². The number of hydrogen-bond acceptors (Lipinski definition) is 20. The van der Waals surface area contributed by atoms with Gasteiger partial charge < -0.3 is 70.4 Å². The monoisotopic (exact) mass is 1540 g/mol. The summed E-state index contributed by atoms with van der Waals surface area (Å²) in [4.78, 5) is 100. The highest BCUT2D eigenvalue weighted by Crippen LogP contribution is 2.44.